The van der Waals surface area contributed by atoms with Gasteiger partial charge in [0.15, 0.2) is 11.6 Å². The molecule has 6 nitrogen and oxygen atoms in total. The first-order valence-corrected chi connectivity index (χ1v) is 8.81. The zero-order valence-corrected chi connectivity index (χ0v) is 15.0. The topological polar surface area (TPSA) is 66.4 Å². The van der Waals surface area contributed by atoms with E-state index >= 15 is 0 Å². The molecule has 1 N–H and O–H groups in total. The van der Waals surface area contributed by atoms with Gasteiger partial charge in [0.1, 0.15) is 36.6 Å². The molecular formula is C19H26O6. The van der Waals surface area contributed by atoms with Gasteiger partial charge in [-0.05, 0) is 33.3 Å². The highest BCUT2D eigenvalue weighted by Crippen LogP contribution is 2.45. The van der Waals surface area contributed by atoms with Crippen molar-refractivity contribution in [1.82, 2.24) is 0 Å². The summed E-state index contributed by atoms with van der Waals surface area (Å²) in [6.45, 7) is 7.80. The SMILES string of the molecule is CC1(C)OC2C(OCc3ccccc3)[C@H]3OC(C)(C)O[C@@H]3C(O)[C@H]2O1. The molecule has 0 spiro atoms. The van der Waals surface area contributed by atoms with E-state index < -0.39 is 42.1 Å². The highest BCUT2D eigenvalue weighted by atomic mass is 16.8. The summed E-state index contributed by atoms with van der Waals surface area (Å²) in [5.74, 6) is -1.56. The number of benzene rings is 1. The van der Waals surface area contributed by atoms with Crippen LogP contribution < -0.4 is 0 Å². The average Bonchev–Trinajstić information content (AvgIpc) is 3.04. The summed E-state index contributed by atoms with van der Waals surface area (Å²) >= 11 is 0. The quantitative estimate of drug-likeness (QED) is 0.899. The van der Waals surface area contributed by atoms with Gasteiger partial charge in [-0.2, -0.15) is 0 Å². The number of fused-ring (bicyclic) bond motifs is 2. The van der Waals surface area contributed by atoms with Gasteiger partial charge in [-0.25, -0.2) is 0 Å². The second kappa shape index (κ2) is 6.01. The largest absolute Gasteiger partial charge is 0.387 e. The Balaban J connectivity index is 1.59. The van der Waals surface area contributed by atoms with Gasteiger partial charge in [0.05, 0.1) is 6.61 Å². The normalized spacial score (nSPS) is 41.3. The van der Waals surface area contributed by atoms with Crippen molar-refractivity contribution in [2.45, 2.75) is 82.5 Å². The molecule has 1 aliphatic carbocycles. The van der Waals surface area contributed by atoms with E-state index in [4.69, 9.17) is 23.7 Å². The Labute approximate surface area is 148 Å². The predicted octanol–water partition coefficient (Wildman–Crippen LogP) is 1.99. The van der Waals surface area contributed by atoms with E-state index in [1.54, 1.807) is 0 Å². The molecule has 0 amide bonds. The molecular weight excluding hydrogens is 324 g/mol. The lowest BCUT2D eigenvalue weighted by atomic mass is 9.85. The average molecular weight is 350 g/mol. The Hall–Kier alpha value is -1.02. The summed E-state index contributed by atoms with van der Waals surface area (Å²) in [7, 11) is 0. The van der Waals surface area contributed by atoms with E-state index in [0.717, 1.165) is 5.56 Å². The van der Waals surface area contributed by atoms with Gasteiger partial charge in [-0.15, -0.1) is 0 Å². The molecule has 3 unspecified atom stereocenters. The summed E-state index contributed by atoms with van der Waals surface area (Å²) in [5, 5.41) is 10.8. The van der Waals surface area contributed by atoms with Crippen LogP contribution in [0, 0.1) is 0 Å². The van der Waals surface area contributed by atoms with Crippen molar-refractivity contribution in [3.05, 3.63) is 35.9 Å². The zero-order valence-electron chi connectivity index (χ0n) is 15.0. The minimum atomic E-state index is -0.824. The lowest BCUT2D eigenvalue weighted by Crippen LogP contribution is -2.62. The fourth-order valence-electron chi connectivity index (χ4n) is 4.00. The van der Waals surface area contributed by atoms with Crippen LogP contribution in [0.5, 0.6) is 0 Å². The van der Waals surface area contributed by atoms with Gasteiger partial charge in [-0.3, -0.25) is 0 Å². The number of ether oxygens (including phenoxy) is 5. The number of hydrogen-bond donors (Lipinski definition) is 1. The van der Waals surface area contributed by atoms with Crippen molar-refractivity contribution in [3.8, 4) is 0 Å². The van der Waals surface area contributed by atoms with Crippen molar-refractivity contribution in [2.24, 2.45) is 0 Å². The number of aliphatic hydroxyl groups is 1. The van der Waals surface area contributed by atoms with Crippen LogP contribution >= 0.6 is 0 Å². The fourth-order valence-corrected chi connectivity index (χ4v) is 4.00. The molecule has 1 aromatic rings. The summed E-state index contributed by atoms with van der Waals surface area (Å²) in [5.41, 5.74) is 1.07. The Bertz CT molecular complexity index is 584. The Morgan fingerprint density at radius 3 is 1.84 bits per heavy atom. The fraction of sp³-hybridized carbons (Fsp3) is 0.684. The van der Waals surface area contributed by atoms with Crippen molar-refractivity contribution < 1.29 is 28.8 Å². The second-order valence-corrected chi connectivity index (χ2v) is 7.88. The number of aliphatic hydroxyl groups excluding tert-OH is 1. The molecule has 4 rings (SSSR count). The molecule has 3 aliphatic rings. The summed E-state index contributed by atoms with van der Waals surface area (Å²) < 4.78 is 30.2. The van der Waals surface area contributed by atoms with Crippen LogP contribution in [0.1, 0.15) is 33.3 Å². The molecule has 3 fully saturated rings. The molecule has 6 heteroatoms. The molecule has 2 aliphatic heterocycles. The molecule has 0 aromatic heterocycles. The van der Waals surface area contributed by atoms with Gasteiger partial charge in [-0.1, -0.05) is 30.3 Å². The molecule has 2 saturated heterocycles. The maximum Gasteiger partial charge on any atom is 0.164 e. The first-order chi connectivity index (χ1) is 11.8. The van der Waals surface area contributed by atoms with Crippen molar-refractivity contribution >= 4 is 0 Å². The molecule has 0 bridgehead atoms. The smallest absolute Gasteiger partial charge is 0.164 e. The standard InChI is InChI=1S/C19H26O6/c1-18(2)22-13-12(20)14-17(25-19(3,4)23-14)15(16(13)24-18)21-10-11-8-6-5-7-9-11/h5-9,12-17,20H,10H2,1-4H3/t12?,13-,14-,15?,16+,17?/m1/s1. The van der Waals surface area contributed by atoms with E-state index in [1.165, 1.54) is 0 Å². The Kier molecular flexibility index (Phi) is 4.18. The molecule has 2 heterocycles. The maximum absolute atomic E-state index is 10.8. The van der Waals surface area contributed by atoms with Gasteiger partial charge in [0.25, 0.3) is 0 Å². The lowest BCUT2D eigenvalue weighted by Gasteiger charge is -2.40. The summed E-state index contributed by atoms with van der Waals surface area (Å²) in [6.07, 6.45) is -3.04. The van der Waals surface area contributed by atoms with Gasteiger partial charge in [0, 0.05) is 0 Å². The molecule has 1 aromatic carbocycles. The van der Waals surface area contributed by atoms with Crippen LogP contribution in [-0.2, 0) is 30.3 Å². The van der Waals surface area contributed by atoms with Gasteiger partial charge >= 0.3 is 0 Å². The van der Waals surface area contributed by atoms with E-state index in [2.05, 4.69) is 0 Å². The van der Waals surface area contributed by atoms with Crippen molar-refractivity contribution in [3.63, 3.8) is 0 Å². The van der Waals surface area contributed by atoms with Crippen LogP contribution in [0.3, 0.4) is 0 Å². The maximum atomic E-state index is 10.8. The van der Waals surface area contributed by atoms with Crippen molar-refractivity contribution in [1.29, 1.82) is 0 Å². The van der Waals surface area contributed by atoms with E-state index in [-0.39, 0.29) is 6.10 Å². The lowest BCUT2D eigenvalue weighted by molar-refractivity contribution is -0.190. The van der Waals surface area contributed by atoms with Crippen LogP contribution in [0.2, 0.25) is 0 Å². The van der Waals surface area contributed by atoms with Crippen LogP contribution in [-0.4, -0.2) is 53.3 Å². The highest BCUT2D eigenvalue weighted by Gasteiger charge is 2.63. The van der Waals surface area contributed by atoms with E-state index in [1.807, 2.05) is 58.0 Å². The third-order valence-electron chi connectivity index (χ3n) is 4.93. The van der Waals surface area contributed by atoms with Gasteiger partial charge < -0.3 is 28.8 Å². The zero-order chi connectivity index (χ0) is 17.8. The second-order valence-electron chi connectivity index (χ2n) is 7.88. The Morgan fingerprint density at radius 1 is 0.840 bits per heavy atom. The number of rotatable bonds is 3. The Morgan fingerprint density at radius 2 is 1.32 bits per heavy atom. The summed E-state index contributed by atoms with van der Waals surface area (Å²) in [4.78, 5) is 0. The molecule has 25 heavy (non-hydrogen) atoms. The minimum Gasteiger partial charge on any atom is -0.387 e. The van der Waals surface area contributed by atoms with Gasteiger partial charge in [0.2, 0.25) is 0 Å². The molecule has 138 valence electrons. The van der Waals surface area contributed by atoms with Crippen LogP contribution in [0.4, 0.5) is 0 Å². The first kappa shape index (κ1) is 17.4. The monoisotopic (exact) mass is 350 g/mol. The van der Waals surface area contributed by atoms with Crippen LogP contribution in [0.25, 0.3) is 0 Å². The van der Waals surface area contributed by atoms with E-state index in [9.17, 15) is 5.11 Å². The third-order valence-corrected chi connectivity index (χ3v) is 4.93. The van der Waals surface area contributed by atoms with E-state index in [0.29, 0.717) is 6.61 Å². The van der Waals surface area contributed by atoms with Crippen LogP contribution in [0.15, 0.2) is 30.3 Å². The molecule has 0 radical (unpaired) electrons. The third kappa shape index (κ3) is 3.23. The first-order valence-electron chi connectivity index (χ1n) is 8.81. The highest BCUT2D eigenvalue weighted by molar-refractivity contribution is 5.14. The minimum absolute atomic E-state index is 0.387. The molecule has 6 atom stereocenters. The number of hydrogen-bond acceptors (Lipinski definition) is 6. The molecule has 1 saturated carbocycles. The predicted molar refractivity (Wildman–Crippen MR) is 88.7 cm³/mol. The van der Waals surface area contributed by atoms with Crippen molar-refractivity contribution in [2.75, 3.05) is 0 Å². The summed E-state index contributed by atoms with van der Waals surface area (Å²) in [6, 6.07) is 9.95.